The Morgan fingerprint density at radius 3 is 2.56 bits per heavy atom. The van der Waals surface area contributed by atoms with Crippen molar-refractivity contribution < 1.29 is 14.0 Å². The van der Waals surface area contributed by atoms with Gasteiger partial charge in [-0.1, -0.05) is 12.1 Å². The molecule has 1 heterocycles. The van der Waals surface area contributed by atoms with Crippen molar-refractivity contribution in [1.82, 2.24) is 0 Å². The minimum atomic E-state index is -0.946. The van der Waals surface area contributed by atoms with Crippen molar-refractivity contribution >= 4 is 28.7 Å². The van der Waals surface area contributed by atoms with Gasteiger partial charge in [0, 0.05) is 6.92 Å². The lowest BCUT2D eigenvalue weighted by molar-refractivity contribution is -0.114. The van der Waals surface area contributed by atoms with Gasteiger partial charge >= 0.3 is 0 Å². The molecule has 0 saturated heterocycles. The molecule has 6 heteroatoms. The maximum atomic E-state index is 12.1. The maximum Gasteiger partial charge on any atom is 0.258 e. The third kappa shape index (κ3) is 1.95. The van der Waals surface area contributed by atoms with Crippen LogP contribution in [0.15, 0.2) is 33.5 Å². The average molecular weight is 246 g/mol. The van der Waals surface area contributed by atoms with Crippen molar-refractivity contribution in [3.63, 3.8) is 0 Å². The highest BCUT2D eigenvalue weighted by Crippen LogP contribution is 2.19. The lowest BCUT2D eigenvalue weighted by atomic mass is 10.1. The molecule has 18 heavy (non-hydrogen) atoms. The summed E-state index contributed by atoms with van der Waals surface area (Å²) in [7, 11) is 0. The summed E-state index contributed by atoms with van der Waals surface area (Å²) >= 11 is 0. The molecule has 0 radical (unpaired) electrons. The summed E-state index contributed by atoms with van der Waals surface area (Å²) in [6, 6.07) is 6.40. The van der Waals surface area contributed by atoms with Crippen LogP contribution in [0.1, 0.15) is 17.3 Å². The van der Waals surface area contributed by atoms with Crippen LogP contribution in [0.4, 0.5) is 5.88 Å². The molecule has 2 amide bonds. The third-order valence-corrected chi connectivity index (χ3v) is 2.33. The Balaban J connectivity index is 2.83. The van der Waals surface area contributed by atoms with Crippen LogP contribution in [-0.4, -0.2) is 11.8 Å². The highest BCUT2D eigenvalue weighted by atomic mass is 16.4. The molecule has 1 aromatic carbocycles. The summed E-state index contributed by atoms with van der Waals surface area (Å²) in [6.07, 6.45) is 0. The smallest absolute Gasteiger partial charge is 0.258 e. The fraction of sp³-hybridized carbons (Fsp3) is 0.0833. The van der Waals surface area contributed by atoms with Gasteiger partial charge in [-0.15, -0.1) is 0 Å². The first-order chi connectivity index (χ1) is 8.50. The van der Waals surface area contributed by atoms with Crippen LogP contribution in [0, 0.1) is 0 Å². The first kappa shape index (κ1) is 11.8. The largest absolute Gasteiger partial charge is 0.439 e. The predicted octanol–water partition coefficient (Wildman–Crippen LogP) is 0.850. The number of hydrogen-bond acceptors (Lipinski definition) is 4. The summed E-state index contributed by atoms with van der Waals surface area (Å²) in [5, 5.41) is 2.52. The number of amides is 2. The van der Waals surface area contributed by atoms with E-state index < -0.39 is 17.2 Å². The standard InChI is InChI=1S/C12H10N2O4/c1-6(15)14-12-9(11(13)17)10(16)7-4-2-3-5-8(7)18-12/h2-5H,1H3,(H2,13,17)(H,14,15). The van der Waals surface area contributed by atoms with Gasteiger partial charge in [0.2, 0.25) is 17.2 Å². The number of rotatable bonds is 2. The molecule has 92 valence electrons. The summed E-state index contributed by atoms with van der Waals surface area (Å²) in [5.41, 5.74) is 4.49. The van der Waals surface area contributed by atoms with Crippen LogP contribution < -0.4 is 16.5 Å². The van der Waals surface area contributed by atoms with Crippen molar-refractivity contribution in [2.75, 3.05) is 5.32 Å². The number of nitrogens with two attached hydrogens (primary N) is 1. The Morgan fingerprint density at radius 1 is 1.28 bits per heavy atom. The van der Waals surface area contributed by atoms with Crippen molar-refractivity contribution in [1.29, 1.82) is 0 Å². The molecule has 0 atom stereocenters. The zero-order valence-electron chi connectivity index (χ0n) is 9.52. The van der Waals surface area contributed by atoms with E-state index >= 15 is 0 Å². The molecule has 2 aromatic rings. The first-order valence-corrected chi connectivity index (χ1v) is 5.14. The van der Waals surface area contributed by atoms with Gasteiger partial charge in [0.1, 0.15) is 11.1 Å². The number of para-hydroxylation sites is 1. The second-order valence-electron chi connectivity index (χ2n) is 3.68. The Bertz CT molecular complexity index is 703. The lowest BCUT2D eigenvalue weighted by Crippen LogP contribution is -2.25. The minimum absolute atomic E-state index is 0.223. The highest BCUT2D eigenvalue weighted by molar-refractivity contribution is 6.03. The van der Waals surface area contributed by atoms with Crippen LogP contribution in [0.2, 0.25) is 0 Å². The monoisotopic (exact) mass is 246 g/mol. The normalized spacial score (nSPS) is 10.3. The Morgan fingerprint density at radius 2 is 1.94 bits per heavy atom. The van der Waals surface area contributed by atoms with E-state index in [9.17, 15) is 14.4 Å². The van der Waals surface area contributed by atoms with Crippen molar-refractivity contribution in [2.45, 2.75) is 6.92 Å². The molecule has 1 aromatic heterocycles. The molecular formula is C12H10N2O4. The van der Waals surface area contributed by atoms with E-state index in [1.54, 1.807) is 18.2 Å². The molecule has 0 aliphatic rings. The Kier molecular flexibility index (Phi) is 2.85. The second kappa shape index (κ2) is 4.33. The van der Waals surface area contributed by atoms with Crippen LogP contribution in [0.3, 0.4) is 0 Å². The highest BCUT2D eigenvalue weighted by Gasteiger charge is 2.19. The number of carbonyl (C=O) groups excluding carboxylic acids is 2. The number of carbonyl (C=O) groups is 2. The summed E-state index contributed by atoms with van der Waals surface area (Å²) < 4.78 is 5.31. The van der Waals surface area contributed by atoms with Gasteiger partial charge in [-0.25, -0.2) is 0 Å². The molecule has 0 bridgehead atoms. The molecule has 0 fully saturated rings. The first-order valence-electron chi connectivity index (χ1n) is 5.14. The van der Waals surface area contributed by atoms with E-state index in [1.807, 2.05) is 0 Å². The van der Waals surface area contributed by atoms with E-state index in [0.717, 1.165) is 0 Å². The van der Waals surface area contributed by atoms with E-state index in [1.165, 1.54) is 13.0 Å². The van der Waals surface area contributed by atoms with Gasteiger partial charge in [-0.05, 0) is 12.1 Å². The minimum Gasteiger partial charge on any atom is -0.439 e. The van der Waals surface area contributed by atoms with Crippen LogP contribution >= 0.6 is 0 Å². The molecule has 0 aliphatic carbocycles. The Labute approximate surface area is 101 Å². The lowest BCUT2D eigenvalue weighted by Gasteiger charge is -2.07. The van der Waals surface area contributed by atoms with Crippen LogP contribution in [0.25, 0.3) is 11.0 Å². The quantitative estimate of drug-likeness (QED) is 0.819. The van der Waals surface area contributed by atoms with Gasteiger partial charge in [0.05, 0.1) is 5.39 Å². The van der Waals surface area contributed by atoms with E-state index in [4.69, 9.17) is 10.2 Å². The van der Waals surface area contributed by atoms with Crippen molar-refractivity contribution in [2.24, 2.45) is 5.73 Å². The summed E-state index contributed by atoms with van der Waals surface area (Å²) in [5.74, 6) is -1.63. The molecule has 0 aliphatic heterocycles. The molecule has 0 unspecified atom stereocenters. The molecule has 6 nitrogen and oxygen atoms in total. The van der Waals surface area contributed by atoms with E-state index in [-0.39, 0.29) is 22.4 Å². The topological polar surface area (TPSA) is 102 Å². The average Bonchev–Trinajstić information content (AvgIpc) is 2.27. The fourth-order valence-corrected chi connectivity index (χ4v) is 1.61. The number of hydrogen-bond donors (Lipinski definition) is 2. The van der Waals surface area contributed by atoms with Gasteiger partial charge in [0.25, 0.3) is 5.91 Å². The molecule has 3 N–H and O–H groups in total. The number of benzene rings is 1. The summed E-state index contributed by atoms with van der Waals surface area (Å²) in [6.45, 7) is 1.24. The van der Waals surface area contributed by atoms with Gasteiger partial charge in [0.15, 0.2) is 0 Å². The number of anilines is 1. The predicted molar refractivity (Wildman–Crippen MR) is 65.3 cm³/mol. The zero-order valence-corrected chi connectivity index (χ0v) is 9.52. The van der Waals surface area contributed by atoms with Gasteiger partial charge < -0.3 is 10.2 Å². The maximum absolute atomic E-state index is 12.1. The number of primary amides is 1. The van der Waals surface area contributed by atoms with Gasteiger partial charge in [-0.2, -0.15) is 0 Å². The van der Waals surface area contributed by atoms with E-state index in [2.05, 4.69) is 5.32 Å². The van der Waals surface area contributed by atoms with Gasteiger partial charge in [-0.3, -0.25) is 19.7 Å². The summed E-state index contributed by atoms with van der Waals surface area (Å²) in [4.78, 5) is 34.3. The number of fused-ring (bicyclic) bond motifs is 1. The SMILES string of the molecule is CC(=O)Nc1oc2ccccc2c(=O)c1C(N)=O. The van der Waals surface area contributed by atoms with Crippen molar-refractivity contribution in [3.05, 3.63) is 40.1 Å². The molecular weight excluding hydrogens is 236 g/mol. The third-order valence-electron chi connectivity index (χ3n) is 2.33. The second-order valence-corrected chi connectivity index (χ2v) is 3.68. The Hall–Kier alpha value is -2.63. The van der Waals surface area contributed by atoms with Crippen molar-refractivity contribution in [3.8, 4) is 0 Å². The molecule has 0 saturated carbocycles. The molecule has 0 spiro atoms. The fourth-order valence-electron chi connectivity index (χ4n) is 1.61. The number of nitrogens with one attached hydrogen (secondary N) is 1. The van der Waals surface area contributed by atoms with E-state index in [0.29, 0.717) is 0 Å². The van der Waals surface area contributed by atoms with Crippen LogP contribution in [0.5, 0.6) is 0 Å². The van der Waals surface area contributed by atoms with Crippen LogP contribution in [-0.2, 0) is 4.79 Å². The molecule has 2 rings (SSSR count). The zero-order chi connectivity index (χ0) is 13.3.